The second kappa shape index (κ2) is 5.54. The third-order valence-electron chi connectivity index (χ3n) is 4.20. The number of carbonyl (C=O) groups is 1. The van der Waals surface area contributed by atoms with Crippen LogP contribution in [0.2, 0.25) is 0 Å². The van der Waals surface area contributed by atoms with Crippen LogP contribution < -0.4 is 5.73 Å². The lowest BCUT2D eigenvalue weighted by Crippen LogP contribution is -2.48. The summed E-state index contributed by atoms with van der Waals surface area (Å²) >= 11 is 1.81. The van der Waals surface area contributed by atoms with Crippen molar-refractivity contribution in [3.63, 3.8) is 0 Å². The monoisotopic (exact) mass is 288 g/mol. The Morgan fingerprint density at radius 2 is 2.20 bits per heavy atom. The minimum absolute atomic E-state index is 0.232. The summed E-state index contributed by atoms with van der Waals surface area (Å²) in [5, 5.41) is 2.14. The Labute approximate surface area is 123 Å². The van der Waals surface area contributed by atoms with E-state index in [2.05, 4.69) is 35.4 Å². The minimum Gasteiger partial charge on any atom is -0.368 e. The highest BCUT2D eigenvalue weighted by Gasteiger charge is 2.31. The molecule has 4 heteroatoms. The molecule has 106 valence electrons. The lowest BCUT2D eigenvalue weighted by atomic mass is 9.90. The largest absolute Gasteiger partial charge is 0.368 e. The van der Waals surface area contributed by atoms with Crippen molar-refractivity contribution in [3.05, 3.63) is 45.2 Å². The first-order valence-corrected chi connectivity index (χ1v) is 8.00. The molecule has 1 amide bonds. The third-order valence-corrected chi connectivity index (χ3v) is 5.23. The van der Waals surface area contributed by atoms with E-state index in [0.29, 0.717) is 0 Å². The molecule has 0 fully saturated rings. The molecule has 1 aliphatic heterocycles. The van der Waals surface area contributed by atoms with Gasteiger partial charge in [0.15, 0.2) is 0 Å². The number of primary amides is 1. The van der Waals surface area contributed by atoms with Crippen LogP contribution in [0.4, 0.5) is 0 Å². The van der Waals surface area contributed by atoms with Gasteiger partial charge in [0.1, 0.15) is 6.04 Å². The third kappa shape index (κ3) is 2.45. The molecule has 0 saturated carbocycles. The first kappa shape index (κ1) is 13.6. The van der Waals surface area contributed by atoms with E-state index in [9.17, 15) is 4.79 Å². The quantitative estimate of drug-likeness (QED) is 0.929. The topological polar surface area (TPSA) is 46.3 Å². The highest BCUT2D eigenvalue weighted by molar-refractivity contribution is 7.10. The average Bonchev–Trinajstić information content (AvgIpc) is 2.88. The number of rotatable bonds is 3. The molecule has 1 aromatic rings. The zero-order valence-corrected chi connectivity index (χ0v) is 12.6. The van der Waals surface area contributed by atoms with E-state index >= 15 is 0 Å². The van der Waals surface area contributed by atoms with Crippen LogP contribution in [0.5, 0.6) is 0 Å². The number of thiophene rings is 1. The zero-order chi connectivity index (χ0) is 14.1. The van der Waals surface area contributed by atoms with Gasteiger partial charge in [-0.1, -0.05) is 17.7 Å². The zero-order valence-electron chi connectivity index (χ0n) is 11.8. The molecule has 0 bridgehead atoms. The summed E-state index contributed by atoms with van der Waals surface area (Å²) in [7, 11) is 0. The minimum atomic E-state index is -0.278. The van der Waals surface area contributed by atoms with Gasteiger partial charge in [-0.15, -0.1) is 11.3 Å². The number of allylic oxidation sites excluding steroid dienone is 2. The summed E-state index contributed by atoms with van der Waals surface area (Å²) in [6.45, 7) is 3.82. The Bertz CT molecular complexity index is 585. The van der Waals surface area contributed by atoms with E-state index in [-0.39, 0.29) is 11.9 Å². The molecule has 0 radical (unpaired) electrons. The van der Waals surface area contributed by atoms with E-state index < -0.39 is 0 Å². The molecule has 3 rings (SSSR count). The first-order valence-electron chi connectivity index (χ1n) is 7.12. The Hall–Kier alpha value is -1.39. The Morgan fingerprint density at radius 3 is 2.95 bits per heavy atom. The normalized spacial score (nSPS) is 20.9. The van der Waals surface area contributed by atoms with Gasteiger partial charge in [-0.05, 0) is 48.8 Å². The van der Waals surface area contributed by atoms with Crippen LogP contribution in [-0.4, -0.2) is 23.4 Å². The van der Waals surface area contributed by atoms with Gasteiger partial charge in [-0.25, -0.2) is 0 Å². The molecule has 1 atom stereocenters. The Balaban J connectivity index is 1.87. The van der Waals surface area contributed by atoms with Gasteiger partial charge < -0.3 is 5.73 Å². The fourth-order valence-corrected chi connectivity index (χ4v) is 4.06. The summed E-state index contributed by atoms with van der Waals surface area (Å²) in [6, 6.07) is 1.89. The fourth-order valence-electron chi connectivity index (χ4n) is 3.17. The van der Waals surface area contributed by atoms with Crippen molar-refractivity contribution in [3.8, 4) is 0 Å². The van der Waals surface area contributed by atoms with Crippen molar-refractivity contribution in [1.82, 2.24) is 4.90 Å². The molecule has 1 aliphatic carbocycles. The molecule has 0 saturated heterocycles. The van der Waals surface area contributed by atoms with Crippen LogP contribution in [-0.2, 0) is 17.8 Å². The molecule has 3 nitrogen and oxygen atoms in total. The number of hydrogen-bond acceptors (Lipinski definition) is 3. The molecule has 1 aromatic heterocycles. The van der Waals surface area contributed by atoms with Crippen molar-refractivity contribution in [2.24, 2.45) is 5.73 Å². The smallest absolute Gasteiger partial charge is 0.239 e. The number of amides is 1. The van der Waals surface area contributed by atoms with Gasteiger partial charge in [-0.3, -0.25) is 9.69 Å². The van der Waals surface area contributed by atoms with Crippen molar-refractivity contribution < 1.29 is 4.79 Å². The summed E-state index contributed by atoms with van der Waals surface area (Å²) in [6.07, 6.45) is 7.50. The predicted octanol–water partition coefficient (Wildman–Crippen LogP) is 2.63. The van der Waals surface area contributed by atoms with Gasteiger partial charge in [-0.2, -0.15) is 0 Å². The Morgan fingerprint density at radius 1 is 1.40 bits per heavy atom. The molecule has 20 heavy (non-hydrogen) atoms. The SMILES string of the molecule is CC1=CCCC=C1[C@H](C(N)=O)N1CCc2sccc2C1. The Kier molecular flexibility index (Phi) is 3.76. The van der Waals surface area contributed by atoms with E-state index in [1.807, 2.05) is 11.3 Å². The van der Waals surface area contributed by atoms with Crippen molar-refractivity contribution in [1.29, 1.82) is 0 Å². The van der Waals surface area contributed by atoms with E-state index in [4.69, 9.17) is 5.73 Å². The van der Waals surface area contributed by atoms with Crippen LogP contribution in [0.1, 0.15) is 30.2 Å². The van der Waals surface area contributed by atoms with Crippen LogP contribution in [0, 0.1) is 0 Å². The number of carbonyl (C=O) groups excluding carboxylic acids is 1. The number of nitrogens with two attached hydrogens (primary N) is 1. The maximum absolute atomic E-state index is 12.0. The van der Waals surface area contributed by atoms with Crippen LogP contribution >= 0.6 is 11.3 Å². The summed E-state index contributed by atoms with van der Waals surface area (Å²) in [5.41, 5.74) is 9.38. The lowest BCUT2D eigenvalue weighted by molar-refractivity contribution is -0.122. The molecular weight excluding hydrogens is 268 g/mol. The summed E-state index contributed by atoms with van der Waals surface area (Å²) in [4.78, 5) is 15.7. The molecule has 2 aliphatic rings. The molecule has 0 unspecified atom stereocenters. The highest BCUT2D eigenvalue weighted by Crippen LogP contribution is 2.30. The fraction of sp³-hybridized carbons (Fsp3) is 0.438. The van der Waals surface area contributed by atoms with Crippen molar-refractivity contribution in [2.75, 3.05) is 6.54 Å². The summed E-state index contributed by atoms with van der Waals surface area (Å²) < 4.78 is 0. The molecular formula is C16H20N2OS. The highest BCUT2D eigenvalue weighted by atomic mass is 32.1. The van der Waals surface area contributed by atoms with E-state index in [0.717, 1.165) is 37.9 Å². The number of hydrogen-bond donors (Lipinski definition) is 1. The molecule has 2 heterocycles. The molecule has 0 aromatic carbocycles. The maximum atomic E-state index is 12.0. The van der Waals surface area contributed by atoms with Gasteiger partial charge in [0.25, 0.3) is 0 Å². The number of nitrogens with zero attached hydrogens (tertiary/aromatic N) is 1. The maximum Gasteiger partial charge on any atom is 0.239 e. The van der Waals surface area contributed by atoms with Gasteiger partial charge in [0, 0.05) is 18.0 Å². The van der Waals surface area contributed by atoms with Gasteiger partial charge >= 0.3 is 0 Å². The van der Waals surface area contributed by atoms with Gasteiger partial charge in [0.2, 0.25) is 5.91 Å². The van der Waals surface area contributed by atoms with Crippen LogP contribution in [0.25, 0.3) is 0 Å². The van der Waals surface area contributed by atoms with Gasteiger partial charge in [0.05, 0.1) is 0 Å². The second-order valence-corrected chi connectivity index (χ2v) is 6.52. The number of fused-ring (bicyclic) bond motifs is 1. The second-order valence-electron chi connectivity index (χ2n) is 5.52. The van der Waals surface area contributed by atoms with E-state index in [1.54, 1.807) is 0 Å². The first-order chi connectivity index (χ1) is 9.66. The predicted molar refractivity (Wildman–Crippen MR) is 82.5 cm³/mol. The summed E-state index contributed by atoms with van der Waals surface area (Å²) in [5.74, 6) is -0.232. The molecule has 0 spiro atoms. The van der Waals surface area contributed by atoms with Crippen molar-refractivity contribution in [2.45, 2.75) is 38.8 Å². The average molecular weight is 288 g/mol. The van der Waals surface area contributed by atoms with Crippen LogP contribution in [0.3, 0.4) is 0 Å². The van der Waals surface area contributed by atoms with E-state index in [1.165, 1.54) is 16.0 Å². The standard InChI is InChI=1S/C16H20N2OS/c1-11-4-2-3-5-13(11)15(16(17)19)18-8-6-14-12(10-18)7-9-20-14/h4-5,7,9,15H,2-3,6,8,10H2,1H3,(H2,17,19)/t15-/m1/s1. The van der Waals surface area contributed by atoms with Crippen LogP contribution in [0.15, 0.2) is 34.7 Å². The lowest BCUT2D eigenvalue weighted by Gasteiger charge is -2.35. The molecule has 2 N–H and O–H groups in total. The van der Waals surface area contributed by atoms with Crippen molar-refractivity contribution >= 4 is 17.2 Å².